The van der Waals surface area contributed by atoms with Gasteiger partial charge in [-0.2, -0.15) is 0 Å². The Morgan fingerprint density at radius 2 is 2.00 bits per heavy atom. The molecule has 5 nitrogen and oxygen atoms in total. The molecule has 0 aliphatic carbocycles. The number of nitrogens with one attached hydrogen (secondary N) is 1. The van der Waals surface area contributed by atoms with Gasteiger partial charge in [0.25, 0.3) is 0 Å². The summed E-state index contributed by atoms with van der Waals surface area (Å²) in [5, 5.41) is 11.7. The molecule has 1 amide bonds. The van der Waals surface area contributed by atoms with Gasteiger partial charge in [0.1, 0.15) is 0 Å². The third kappa shape index (κ3) is 6.36. The summed E-state index contributed by atoms with van der Waals surface area (Å²) in [6.07, 6.45) is 1.97. The first-order chi connectivity index (χ1) is 9.62. The molecule has 0 radical (unpaired) electrons. The van der Waals surface area contributed by atoms with Crippen molar-refractivity contribution in [3.05, 3.63) is 0 Å². The monoisotopic (exact) mass is 316 g/mol. The normalized spacial score (nSPS) is 21.9. The summed E-state index contributed by atoms with van der Waals surface area (Å²) >= 11 is 0. The Morgan fingerprint density at radius 1 is 1.33 bits per heavy atom. The maximum absolute atomic E-state index is 10.7. The van der Waals surface area contributed by atoms with Gasteiger partial charge < -0.3 is 19.7 Å². The average molecular weight is 317 g/mol. The molecule has 1 aliphatic rings. The van der Waals surface area contributed by atoms with Crippen molar-refractivity contribution in [1.29, 1.82) is 0 Å². The molecule has 6 heteroatoms. The number of carboxylic acid groups (broad SMARTS) is 1. The molecule has 0 spiro atoms. The van der Waals surface area contributed by atoms with E-state index in [0.717, 1.165) is 45.5 Å². The highest BCUT2D eigenvalue weighted by Gasteiger charge is 2.37. The number of carbonyl (C=O) groups is 1. The number of nitrogens with zero attached hydrogens (tertiary/aromatic N) is 1. The Bertz CT molecular complexity index is 342. The minimum absolute atomic E-state index is 0.105. The smallest absolute Gasteiger partial charge is 0.404 e. The molecule has 1 aliphatic heterocycles. The zero-order valence-electron chi connectivity index (χ0n) is 14.2. The van der Waals surface area contributed by atoms with E-state index in [1.165, 1.54) is 0 Å². The van der Waals surface area contributed by atoms with E-state index in [1.54, 1.807) is 0 Å². The molecular weight excluding hydrogens is 284 g/mol. The second-order valence-electron chi connectivity index (χ2n) is 7.53. The van der Waals surface area contributed by atoms with E-state index < -0.39 is 14.4 Å². The number of amides is 1. The minimum atomic E-state index is -1.65. The van der Waals surface area contributed by atoms with Crippen LogP contribution in [0, 0.1) is 0 Å². The van der Waals surface area contributed by atoms with Gasteiger partial charge in [0, 0.05) is 25.7 Å². The van der Waals surface area contributed by atoms with Crippen LogP contribution >= 0.6 is 0 Å². The second-order valence-corrected chi connectivity index (χ2v) is 12.3. The van der Waals surface area contributed by atoms with Gasteiger partial charge in [-0.3, -0.25) is 0 Å². The highest BCUT2D eigenvalue weighted by atomic mass is 28.4. The molecule has 1 rings (SSSR count). The van der Waals surface area contributed by atoms with E-state index in [1.807, 2.05) is 0 Å². The highest BCUT2D eigenvalue weighted by Crippen LogP contribution is 2.36. The Labute approximate surface area is 130 Å². The van der Waals surface area contributed by atoms with Gasteiger partial charge in [-0.15, -0.1) is 0 Å². The molecule has 2 N–H and O–H groups in total. The van der Waals surface area contributed by atoms with Crippen LogP contribution in [-0.4, -0.2) is 56.7 Å². The fraction of sp³-hybridized carbons (Fsp3) is 0.933. The van der Waals surface area contributed by atoms with Gasteiger partial charge in [0.15, 0.2) is 8.32 Å². The molecule has 0 aromatic rings. The predicted octanol–water partition coefficient (Wildman–Crippen LogP) is 3.13. The summed E-state index contributed by atoms with van der Waals surface area (Å²) in [6, 6.07) is 0.105. The molecule has 0 saturated carbocycles. The highest BCUT2D eigenvalue weighted by molar-refractivity contribution is 6.74. The second kappa shape index (κ2) is 7.60. The van der Waals surface area contributed by atoms with Gasteiger partial charge >= 0.3 is 6.09 Å². The lowest BCUT2D eigenvalue weighted by Gasteiger charge is -2.36. The molecule has 1 atom stereocenters. The predicted molar refractivity (Wildman–Crippen MR) is 88.4 cm³/mol. The van der Waals surface area contributed by atoms with Crippen LogP contribution < -0.4 is 5.32 Å². The Morgan fingerprint density at radius 3 is 2.57 bits per heavy atom. The number of hydrogen-bond acceptors (Lipinski definition) is 3. The van der Waals surface area contributed by atoms with Crippen LogP contribution in [0.15, 0.2) is 0 Å². The fourth-order valence-corrected chi connectivity index (χ4v) is 3.38. The summed E-state index contributed by atoms with van der Waals surface area (Å²) in [5.41, 5.74) is 0. The van der Waals surface area contributed by atoms with E-state index in [4.69, 9.17) is 9.53 Å². The van der Waals surface area contributed by atoms with Gasteiger partial charge in [0.2, 0.25) is 0 Å². The Balaban J connectivity index is 2.32. The standard InChI is InChI=1S/C15H32N2O3Si/c1-15(2,3)21(4,5)20-12-11-17-9-6-7-13(8-10-17)16-14(18)19/h13,16H,6-12H2,1-5H3,(H,18,19). The van der Waals surface area contributed by atoms with Gasteiger partial charge in [-0.25, -0.2) is 4.79 Å². The molecule has 0 aromatic heterocycles. The van der Waals surface area contributed by atoms with Crippen LogP contribution in [0.25, 0.3) is 0 Å². The summed E-state index contributed by atoms with van der Waals surface area (Å²) in [6.45, 7) is 15.1. The lowest BCUT2D eigenvalue weighted by molar-refractivity contribution is 0.186. The summed E-state index contributed by atoms with van der Waals surface area (Å²) in [5.74, 6) is 0. The van der Waals surface area contributed by atoms with Crippen molar-refractivity contribution in [3.63, 3.8) is 0 Å². The van der Waals surface area contributed by atoms with Crippen molar-refractivity contribution in [2.75, 3.05) is 26.2 Å². The zero-order valence-corrected chi connectivity index (χ0v) is 15.2. The average Bonchev–Trinajstić information content (AvgIpc) is 2.52. The fourth-order valence-electron chi connectivity index (χ4n) is 2.34. The summed E-state index contributed by atoms with van der Waals surface area (Å²) < 4.78 is 6.22. The molecular formula is C15H32N2O3Si. The van der Waals surface area contributed by atoms with E-state index in [-0.39, 0.29) is 11.1 Å². The van der Waals surface area contributed by atoms with Gasteiger partial charge in [0.05, 0.1) is 0 Å². The maximum atomic E-state index is 10.7. The quantitative estimate of drug-likeness (QED) is 0.765. The summed E-state index contributed by atoms with van der Waals surface area (Å²) in [7, 11) is -1.65. The molecule has 1 saturated heterocycles. The van der Waals surface area contributed by atoms with Crippen LogP contribution in [-0.2, 0) is 4.43 Å². The van der Waals surface area contributed by atoms with Crippen LogP contribution in [0.5, 0.6) is 0 Å². The van der Waals surface area contributed by atoms with Crippen molar-refractivity contribution in [3.8, 4) is 0 Å². The number of hydrogen-bond donors (Lipinski definition) is 2. The molecule has 0 bridgehead atoms. The molecule has 1 unspecified atom stereocenters. The maximum Gasteiger partial charge on any atom is 0.404 e. The van der Waals surface area contributed by atoms with Crippen LogP contribution in [0.3, 0.4) is 0 Å². The first-order valence-electron chi connectivity index (χ1n) is 7.97. The minimum Gasteiger partial charge on any atom is -0.465 e. The van der Waals surface area contributed by atoms with E-state index in [9.17, 15) is 4.79 Å². The van der Waals surface area contributed by atoms with E-state index >= 15 is 0 Å². The van der Waals surface area contributed by atoms with Crippen molar-refractivity contribution >= 4 is 14.4 Å². The molecule has 0 aromatic carbocycles. The third-order valence-corrected chi connectivity index (χ3v) is 9.36. The first-order valence-corrected chi connectivity index (χ1v) is 10.9. The third-order valence-electron chi connectivity index (χ3n) is 4.82. The summed E-state index contributed by atoms with van der Waals surface area (Å²) in [4.78, 5) is 13.1. The van der Waals surface area contributed by atoms with E-state index in [0.29, 0.717) is 0 Å². The molecule has 124 valence electrons. The van der Waals surface area contributed by atoms with Gasteiger partial charge in [-0.05, 0) is 43.9 Å². The van der Waals surface area contributed by atoms with Crippen molar-refractivity contribution in [2.24, 2.45) is 0 Å². The van der Waals surface area contributed by atoms with E-state index in [2.05, 4.69) is 44.1 Å². The van der Waals surface area contributed by atoms with Gasteiger partial charge in [-0.1, -0.05) is 20.8 Å². The largest absolute Gasteiger partial charge is 0.465 e. The topological polar surface area (TPSA) is 61.8 Å². The lowest BCUT2D eigenvalue weighted by atomic mass is 10.1. The Hall–Kier alpha value is -0.593. The number of likely N-dealkylation sites (tertiary alicyclic amines) is 1. The van der Waals surface area contributed by atoms with Crippen molar-refractivity contribution in [2.45, 2.75) is 64.2 Å². The van der Waals surface area contributed by atoms with Crippen LogP contribution in [0.2, 0.25) is 18.1 Å². The number of rotatable bonds is 5. The zero-order chi connectivity index (χ0) is 16.1. The molecule has 1 fully saturated rings. The van der Waals surface area contributed by atoms with Crippen LogP contribution in [0.4, 0.5) is 4.79 Å². The molecule has 1 heterocycles. The van der Waals surface area contributed by atoms with Crippen LogP contribution in [0.1, 0.15) is 40.0 Å². The lowest BCUT2D eigenvalue weighted by Crippen LogP contribution is -2.43. The van der Waals surface area contributed by atoms with Crippen molar-refractivity contribution < 1.29 is 14.3 Å². The first kappa shape index (κ1) is 18.5. The van der Waals surface area contributed by atoms with Crippen molar-refractivity contribution in [1.82, 2.24) is 10.2 Å². The Kier molecular flexibility index (Phi) is 6.68. The SMILES string of the molecule is CC(C)(C)[Si](C)(C)OCCN1CCCC(NC(=O)O)CC1. The molecule has 21 heavy (non-hydrogen) atoms.